The summed E-state index contributed by atoms with van der Waals surface area (Å²) in [5.41, 5.74) is 6.10. The molecule has 2 aliphatic carbocycles. The molecule has 4 fully saturated rings. The van der Waals surface area contributed by atoms with Gasteiger partial charge in [0, 0.05) is 23.3 Å². The van der Waals surface area contributed by atoms with Crippen LogP contribution in [0.15, 0.2) is 0 Å². The molecule has 4 N–H and O–H groups in total. The number of halogens is 2. The molecule has 28 heavy (non-hydrogen) atoms. The van der Waals surface area contributed by atoms with Crippen LogP contribution < -0.4 is 16.3 Å². The predicted octanol–water partition coefficient (Wildman–Crippen LogP) is 2.31. The number of hydroxylamine groups is 2. The van der Waals surface area contributed by atoms with E-state index in [1.165, 1.54) is 0 Å². The van der Waals surface area contributed by atoms with E-state index in [1.807, 2.05) is 6.92 Å². The molecule has 9 heteroatoms. The predicted molar refractivity (Wildman–Crippen MR) is 101 cm³/mol. The van der Waals surface area contributed by atoms with Crippen molar-refractivity contribution in [3.05, 3.63) is 0 Å². The Morgan fingerprint density at radius 3 is 2.64 bits per heavy atom. The van der Waals surface area contributed by atoms with Gasteiger partial charge in [-0.2, -0.15) is 11.0 Å². The summed E-state index contributed by atoms with van der Waals surface area (Å²) in [6, 6.07) is -0.232. The van der Waals surface area contributed by atoms with E-state index >= 15 is 0 Å². The van der Waals surface area contributed by atoms with Gasteiger partial charge in [0.05, 0.1) is 18.2 Å². The number of alkyl halides is 2. The standard InChI is InChI=1S/C19H31ClFN3O4/c1-9-14(16(23-27-9)15-12(20)6-3-7-13(15)21)18-22-17(24-28-18)10-4-2-5-11(8-10)19(25)26/h9-18,22-24H,2-8H2,1H3,(H,25,26). The Kier molecular flexibility index (Phi) is 6.44. The molecule has 2 saturated heterocycles. The molecule has 0 aromatic rings. The maximum absolute atomic E-state index is 14.7. The van der Waals surface area contributed by atoms with Gasteiger partial charge in [0.2, 0.25) is 0 Å². The van der Waals surface area contributed by atoms with Crippen molar-refractivity contribution >= 4 is 17.6 Å². The maximum atomic E-state index is 14.7. The van der Waals surface area contributed by atoms with Crippen LogP contribution in [0.4, 0.5) is 4.39 Å². The fourth-order valence-corrected chi connectivity index (χ4v) is 6.01. The molecule has 4 aliphatic rings. The lowest BCUT2D eigenvalue weighted by molar-refractivity contribution is -0.143. The van der Waals surface area contributed by atoms with E-state index in [2.05, 4.69) is 16.3 Å². The first-order chi connectivity index (χ1) is 13.5. The van der Waals surface area contributed by atoms with Crippen LogP contribution in [0.3, 0.4) is 0 Å². The van der Waals surface area contributed by atoms with Crippen molar-refractivity contribution < 1.29 is 24.0 Å². The Hall–Kier alpha value is -0.510. The third-order valence-electron chi connectivity index (χ3n) is 7.11. The largest absolute Gasteiger partial charge is 0.481 e. The number of aliphatic carboxylic acids is 1. The van der Waals surface area contributed by atoms with E-state index < -0.39 is 12.1 Å². The Balaban J connectivity index is 1.42. The summed E-state index contributed by atoms with van der Waals surface area (Å²) in [6.45, 7) is 1.95. The normalized spacial score (nSPS) is 50.0. The molecule has 2 aliphatic heterocycles. The number of nitrogens with one attached hydrogen (secondary N) is 3. The highest BCUT2D eigenvalue weighted by Gasteiger charge is 2.52. The van der Waals surface area contributed by atoms with Crippen molar-refractivity contribution in [1.82, 2.24) is 16.3 Å². The molecule has 0 bridgehead atoms. The van der Waals surface area contributed by atoms with E-state index in [4.69, 9.17) is 21.3 Å². The lowest BCUT2D eigenvalue weighted by Crippen LogP contribution is -2.53. The molecular formula is C19H31ClFN3O4. The van der Waals surface area contributed by atoms with Crippen molar-refractivity contribution in [3.63, 3.8) is 0 Å². The molecule has 7 nitrogen and oxygen atoms in total. The van der Waals surface area contributed by atoms with E-state index in [0.29, 0.717) is 12.8 Å². The first kappa shape index (κ1) is 20.8. The summed E-state index contributed by atoms with van der Waals surface area (Å²) in [7, 11) is 0. The van der Waals surface area contributed by atoms with E-state index in [9.17, 15) is 14.3 Å². The topological polar surface area (TPSA) is 91.9 Å². The number of carbonyl (C=O) groups is 1. The van der Waals surface area contributed by atoms with Crippen LogP contribution in [0, 0.1) is 23.7 Å². The second-order valence-corrected chi connectivity index (χ2v) is 9.41. The third-order valence-corrected chi connectivity index (χ3v) is 7.62. The minimum Gasteiger partial charge on any atom is -0.481 e. The number of hydrogen-bond donors (Lipinski definition) is 4. The highest BCUT2D eigenvalue weighted by atomic mass is 35.5. The lowest BCUT2D eigenvalue weighted by Gasteiger charge is -2.38. The van der Waals surface area contributed by atoms with E-state index in [0.717, 1.165) is 32.1 Å². The van der Waals surface area contributed by atoms with Crippen LogP contribution in [0.2, 0.25) is 0 Å². The molecular weight excluding hydrogens is 389 g/mol. The van der Waals surface area contributed by atoms with Crippen molar-refractivity contribution in [2.75, 3.05) is 0 Å². The minimum atomic E-state index is -0.954. The zero-order chi connectivity index (χ0) is 19.8. The van der Waals surface area contributed by atoms with Gasteiger partial charge in [0.15, 0.2) is 0 Å². The van der Waals surface area contributed by atoms with Crippen LogP contribution >= 0.6 is 11.6 Å². The summed E-state index contributed by atoms with van der Waals surface area (Å²) in [4.78, 5) is 22.9. The number of hydrogen-bond acceptors (Lipinski definition) is 6. The van der Waals surface area contributed by atoms with Crippen LogP contribution in [0.25, 0.3) is 0 Å². The second-order valence-electron chi connectivity index (χ2n) is 8.85. The Bertz CT molecular complexity index is 563. The average Bonchev–Trinajstić information content (AvgIpc) is 3.29. The van der Waals surface area contributed by atoms with Gasteiger partial charge in [-0.25, -0.2) is 4.39 Å². The summed E-state index contributed by atoms with van der Waals surface area (Å²) < 4.78 is 14.7. The summed E-state index contributed by atoms with van der Waals surface area (Å²) >= 11 is 6.51. The maximum Gasteiger partial charge on any atom is 0.306 e. The Labute approximate surface area is 169 Å². The van der Waals surface area contributed by atoms with Gasteiger partial charge in [0.25, 0.3) is 0 Å². The molecule has 10 atom stereocenters. The molecule has 0 spiro atoms. The lowest BCUT2D eigenvalue weighted by atomic mass is 9.76. The SMILES string of the molecule is CC1ONC(C2C(F)CCCC2Cl)C1C1NC(C2CCCC(C(=O)O)C2)NO1. The van der Waals surface area contributed by atoms with Gasteiger partial charge in [-0.05, 0) is 51.4 Å². The average molecular weight is 420 g/mol. The molecule has 2 saturated carbocycles. The number of carboxylic acid groups (broad SMARTS) is 1. The highest BCUT2D eigenvalue weighted by Crippen LogP contribution is 2.41. The highest BCUT2D eigenvalue weighted by molar-refractivity contribution is 6.20. The van der Waals surface area contributed by atoms with Crippen molar-refractivity contribution in [1.29, 1.82) is 0 Å². The number of carboxylic acids is 1. The van der Waals surface area contributed by atoms with Crippen LogP contribution in [-0.2, 0) is 14.5 Å². The van der Waals surface area contributed by atoms with Gasteiger partial charge < -0.3 is 5.11 Å². The summed E-state index contributed by atoms with van der Waals surface area (Å²) in [5, 5.41) is 12.6. The molecule has 0 aromatic heterocycles. The molecule has 0 aromatic carbocycles. The van der Waals surface area contributed by atoms with Gasteiger partial charge in [-0.1, -0.05) is 6.42 Å². The monoisotopic (exact) mass is 419 g/mol. The van der Waals surface area contributed by atoms with Gasteiger partial charge in [-0.15, -0.1) is 11.6 Å². The van der Waals surface area contributed by atoms with Crippen LogP contribution in [0.1, 0.15) is 51.9 Å². The third kappa shape index (κ3) is 4.04. The molecule has 2 heterocycles. The fraction of sp³-hybridized carbons (Fsp3) is 0.947. The van der Waals surface area contributed by atoms with Crippen molar-refractivity contribution in [2.24, 2.45) is 23.7 Å². The van der Waals surface area contributed by atoms with Crippen LogP contribution in [-0.4, -0.2) is 47.2 Å². The van der Waals surface area contributed by atoms with Gasteiger partial charge in [0.1, 0.15) is 12.4 Å². The van der Waals surface area contributed by atoms with Gasteiger partial charge >= 0.3 is 5.97 Å². The van der Waals surface area contributed by atoms with Crippen molar-refractivity contribution in [3.8, 4) is 0 Å². The molecule has 0 radical (unpaired) electrons. The zero-order valence-electron chi connectivity index (χ0n) is 16.2. The smallest absolute Gasteiger partial charge is 0.306 e. The second kappa shape index (κ2) is 8.70. The molecule has 0 amide bonds. The molecule has 4 rings (SSSR count). The fourth-order valence-electron chi connectivity index (χ4n) is 5.54. The zero-order valence-corrected chi connectivity index (χ0v) is 16.9. The van der Waals surface area contributed by atoms with Crippen LogP contribution in [0.5, 0.6) is 0 Å². The number of rotatable bonds is 4. The quantitative estimate of drug-likeness (QED) is 0.520. The summed E-state index contributed by atoms with van der Waals surface area (Å²) in [6.07, 6.45) is 3.82. The first-order valence-corrected chi connectivity index (χ1v) is 11.0. The first-order valence-electron chi connectivity index (χ1n) is 10.5. The van der Waals surface area contributed by atoms with E-state index in [1.54, 1.807) is 0 Å². The summed E-state index contributed by atoms with van der Waals surface area (Å²) in [5.74, 6) is -1.24. The van der Waals surface area contributed by atoms with Crippen molar-refractivity contribution in [2.45, 2.75) is 88.0 Å². The van der Waals surface area contributed by atoms with E-state index in [-0.39, 0.29) is 53.6 Å². The Morgan fingerprint density at radius 2 is 1.89 bits per heavy atom. The molecule has 160 valence electrons. The molecule has 10 unspecified atom stereocenters. The Morgan fingerprint density at radius 1 is 1.11 bits per heavy atom. The van der Waals surface area contributed by atoms with Gasteiger partial charge in [-0.3, -0.25) is 19.8 Å². The minimum absolute atomic E-state index is 0.0982.